The number of carbonyl (C=O) groups is 1. The van der Waals surface area contributed by atoms with E-state index < -0.39 is 5.60 Å². The number of aromatic nitrogens is 1. The van der Waals surface area contributed by atoms with Gasteiger partial charge in [-0.05, 0) is 39.0 Å². The van der Waals surface area contributed by atoms with Crippen molar-refractivity contribution in [1.29, 1.82) is 0 Å². The van der Waals surface area contributed by atoms with Crippen molar-refractivity contribution in [2.24, 2.45) is 0 Å². The first-order valence-corrected chi connectivity index (χ1v) is 10.3. The zero-order valence-corrected chi connectivity index (χ0v) is 17.7. The molecular formula is C19H24ClFN4O2S. The molecule has 9 heteroatoms. The van der Waals surface area contributed by atoms with Crippen molar-refractivity contribution in [1.82, 2.24) is 9.88 Å². The Morgan fingerprint density at radius 2 is 2.04 bits per heavy atom. The van der Waals surface area contributed by atoms with Crippen LogP contribution in [0, 0.1) is 5.82 Å². The quantitative estimate of drug-likeness (QED) is 0.773. The van der Waals surface area contributed by atoms with Crippen LogP contribution in [0.1, 0.15) is 25.6 Å². The number of rotatable bonds is 4. The standard InChI is InChI=1S/C19H24ClFN4O2S/c1-19(2,3)27-18(26)25-8-6-24(7-9-25)16-5-4-13(21)10-15(16)22-11-14-12-23-17(20)28-14/h4-5,10,12,22H,6-9,11H2,1-3H3. The topological polar surface area (TPSA) is 57.7 Å². The number of ether oxygens (including phenoxy) is 1. The van der Waals surface area contributed by atoms with Crippen LogP contribution < -0.4 is 10.2 Å². The van der Waals surface area contributed by atoms with Crippen molar-refractivity contribution in [3.8, 4) is 0 Å². The summed E-state index contributed by atoms with van der Waals surface area (Å²) in [5.41, 5.74) is 1.10. The summed E-state index contributed by atoms with van der Waals surface area (Å²) in [6.07, 6.45) is 1.41. The van der Waals surface area contributed by atoms with E-state index in [-0.39, 0.29) is 11.9 Å². The Labute approximate surface area is 173 Å². The second-order valence-electron chi connectivity index (χ2n) is 7.55. The number of thiazole rings is 1. The van der Waals surface area contributed by atoms with E-state index in [4.69, 9.17) is 16.3 Å². The van der Waals surface area contributed by atoms with Gasteiger partial charge in [-0.1, -0.05) is 11.6 Å². The number of halogens is 2. The number of nitrogens with one attached hydrogen (secondary N) is 1. The second kappa shape index (κ2) is 8.53. The number of piperazine rings is 1. The van der Waals surface area contributed by atoms with Crippen molar-refractivity contribution in [3.63, 3.8) is 0 Å². The summed E-state index contributed by atoms with van der Waals surface area (Å²) in [5, 5.41) is 3.27. The van der Waals surface area contributed by atoms with E-state index in [0.717, 1.165) is 10.6 Å². The fourth-order valence-electron chi connectivity index (χ4n) is 2.93. The molecule has 1 saturated heterocycles. The van der Waals surface area contributed by atoms with E-state index in [0.29, 0.717) is 42.9 Å². The molecule has 0 saturated carbocycles. The van der Waals surface area contributed by atoms with Crippen LogP contribution in [0.5, 0.6) is 0 Å². The van der Waals surface area contributed by atoms with E-state index in [2.05, 4.69) is 15.2 Å². The van der Waals surface area contributed by atoms with Gasteiger partial charge in [-0.2, -0.15) is 0 Å². The molecule has 1 aliphatic heterocycles. The minimum Gasteiger partial charge on any atom is -0.444 e. The highest BCUT2D eigenvalue weighted by molar-refractivity contribution is 7.15. The maximum Gasteiger partial charge on any atom is 0.410 e. The van der Waals surface area contributed by atoms with Crippen LogP contribution in [-0.2, 0) is 11.3 Å². The van der Waals surface area contributed by atoms with E-state index in [1.165, 1.54) is 23.5 Å². The summed E-state index contributed by atoms with van der Waals surface area (Å²) in [7, 11) is 0. The molecule has 0 bridgehead atoms. The highest BCUT2D eigenvalue weighted by Crippen LogP contribution is 2.29. The van der Waals surface area contributed by atoms with Crippen molar-refractivity contribution >= 4 is 40.4 Å². The lowest BCUT2D eigenvalue weighted by Crippen LogP contribution is -2.50. The van der Waals surface area contributed by atoms with Crippen LogP contribution >= 0.6 is 22.9 Å². The van der Waals surface area contributed by atoms with E-state index >= 15 is 0 Å². The lowest BCUT2D eigenvalue weighted by Gasteiger charge is -2.37. The van der Waals surface area contributed by atoms with Crippen molar-refractivity contribution in [2.75, 3.05) is 36.4 Å². The molecule has 1 N–H and O–H groups in total. The molecule has 152 valence electrons. The fraction of sp³-hybridized carbons (Fsp3) is 0.474. The molecule has 1 aliphatic rings. The lowest BCUT2D eigenvalue weighted by atomic mass is 10.2. The van der Waals surface area contributed by atoms with Crippen LogP contribution in [0.2, 0.25) is 4.47 Å². The van der Waals surface area contributed by atoms with Crippen LogP contribution in [0.3, 0.4) is 0 Å². The van der Waals surface area contributed by atoms with Gasteiger partial charge in [0.05, 0.1) is 17.9 Å². The summed E-state index contributed by atoms with van der Waals surface area (Å²) in [5.74, 6) is -0.305. The first kappa shape index (κ1) is 20.7. The zero-order chi connectivity index (χ0) is 20.3. The fourth-order valence-corrected chi connectivity index (χ4v) is 3.85. The van der Waals surface area contributed by atoms with Gasteiger partial charge in [-0.25, -0.2) is 14.2 Å². The van der Waals surface area contributed by atoms with Gasteiger partial charge in [0, 0.05) is 37.3 Å². The Morgan fingerprint density at radius 1 is 1.32 bits per heavy atom. The van der Waals surface area contributed by atoms with Crippen LogP contribution in [0.4, 0.5) is 20.6 Å². The highest BCUT2D eigenvalue weighted by atomic mass is 35.5. The van der Waals surface area contributed by atoms with Crippen molar-refractivity contribution in [3.05, 3.63) is 39.6 Å². The van der Waals surface area contributed by atoms with E-state index in [9.17, 15) is 9.18 Å². The van der Waals surface area contributed by atoms with Gasteiger partial charge in [0.15, 0.2) is 4.47 Å². The third kappa shape index (κ3) is 5.48. The van der Waals surface area contributed by atoms with Gasteiger partial charge in [0.25, 0.3) is 0 Å². The summed E-state index contributed by atoms with van der Waals surface area (Å²) < 4.78 is 19.7. The molecule has 28 heavy (non-hydrogen) atoms. The summed E-state index contributed by atoms with van der Waals surface area (Å²) in [6, 6.07) is 4.70. The van der Waals surface area contributed by atoms with Crippen LogP contribution in [-0.4, -0.2) is 47.8 Å². The maximum atomic E-state index is 13.8. The molecule has 1 aromatic heterocycles. The molecule has 0 spiro atoms. The third-order valence-electron chi connectivity index (χ3n) is 4.21. The number of amides is 1. The molecule has 1 fully saturated rings. The summed E-state index contributed by atoms with van der Waals surface area (Å²) >= 11 is 7.26. The Kier molecular flexibility index (Phi) is 6.30. The first-order chi connectivity index (χ1) is 13.2. The number of carbonyl (C=O) groups excluding carboxylic acids is 1. The molecule has 3 rings (SSSR count). The Morgan fingerprint density at radius 3 is 2.64 bits per heavy atom. The molecule has 2 aromatic rings. The average molecular weight is 427 g/mol. The van der Waals surface area contributed by atoms with Crippen LogP contribution in [0.15, 0.2) is 24.4 Å². The minimum absolute atomic E-state index is 0.299. The van der Waals surface area contributed by atoms with Gasteiger partial charge in [0.1, 0.15) is 11.4 Å². The highest BCUT2D eigenvalue weighted by Gasteiger charge is 2.26. The Balaban J connectivity index is 1.65. The van der Waals surface area contributed by atoms with Gasteiger partial charge in [0.2, 0.25) is 0 Å². The molecule has 0 unspecified atom stereocenters. The number of hydrogen-bond donors (Lipinski definition) is 1. The second-order valence-corrected chi connectivity index (χ2v) is 9.25. The van der Waals surface area contributed by atoms with Gasteiger partial charge >= 0.3 is 6.09 Å². The minimum atomic E-state index is -0.512. The smallest absolute Gasteiger partial charge is 0.410 e. The van der Waals surface area contributed by atoms with Gasteiger partial charge in [-0.3, -0.25) is 0 Å². The van der Waals surface area contributed by atoms with Gasteiger partial charge in [-0.15, -0.1) is 11.3 Å². The van der Waals surface area contributed by atoms with Crippen molar-refractivity contribution < 1.29 is 13.9 Å². The molecule has 1 amide bonds. The summed E-state index contributed by atoms with van der Waals surface area (Å²) in [4.78, 5) is 21.1. The van der Waals surface area contributed by atoms with E-state index in [1.54, 1.807) is 17.2 Å². The Bertz CT molecular complexity index is 832. The predicted molar refractivity (Wildman–Crippen MR) is 111 cm³/mol. The predicted octanol–water partition coefficient (Wildman–Crippen LogP) is 4.60. The molecule has 2 heterocycles. The SMILES string of the molecule is CC(C)(C)OC(=O)N1CCN(c2ccc(F)cc2NCc2cnc(Cl)s2)CC1. The normalized spacial score (nSPS) is 14.9. The lowest BCUT2D eigenvalue weighted by molar-refractivity contribution is 0.0240. The number of nitrogens with zero attached hydrogens (tertiary/aromatic N) is 3. The van der Waals surface area contributed by atoms with Crippen LogP contribution in [0.25, 0.3) is 0 Å². The maximum absolute atomic E-state index is 13.8. The third-order valence-corrected chi connectivity index (χ3v) is 5.32. The molecular weight excluding hydrogens is 403 g/mol. The van der Waals surface area contributed by atoms with Crippen molar-refractivity contribution in [2.45, 2.75) is 32.9 Å². The average Bonchev–Trinajstić information content (AvgIpc) is 3.04. The summed E-state index contributed by atoms with van der Waals surface area (Å²) in [6.45, 7) is 8.47. The van der Waals surface area contributed by atoms with Gasteiger partial charge < -0.3 is 19.9 Å². The number of anilines is 2. The molecule has 0 atom stereocenters. The molecule has 0 radical (unpaired) electrons. The number of hydrogen-bond acceptors (Lipinski definition) is 6. The molecule has 1 aromatic carbocycles. The number of benzene rings is 1. The zero-order valence-electron chi connectivity index (χ0n) is 16.2. The first-order valence-electron chi connectivity index (χ1n) is 9.08. The Hall–Kier alpha value is -2.06. The molecule has 6 nitrogen and oxygen atoms in total. The largest absolute Gasteiger partial charge is 0.444 e. The monoisotopic (exact) mass is 426 g/mol. The molecule has 0 aliphatic carbocycles. The van der Waals surface area contributed by atoms with E-state index in [1.807, 2.05) is 20.8 Å².